The van der Waals surface area contributed by atoms with Crippen LogP contribution in [0.25, 0.3) is 0 Å². The number of rotatable bonds is 4. The summed E-state index contributed by atoms with van der Waals surface area (Å²) in [4.78, 5) is 10.3. The maximum absolute atomic E-state index is 10.3. The standard InChI is InChI=1S/C10H15NO.C7H6O3/c1-8(11-2)10(12)9-6-4-3-5-7-9;8-6-4-2-1-3-5(6)7(9)10/h3-8,10-12H,1-2H3;1-4,8H,(H,9,10)/t8-,10?;/m0./s1. The number of aromatic hydroxyl groups is 1. The van der Waals surface area contributed by atoms with Crippen molar-refractivity contribution in [3.8, 4) is 5.75 Å². The summed E-state index contributed by atoms with van der Waals surface area (Å²) < 4.78 is 0. The summed E-state index contributed by atoms with van der Waals surface area (Å²) >= 11 is 0. The van der Waals surface area contributed by atoms with Crippen molar-refractivity contribution < 1.29 is 20.1 Å². The molecule has 0 bridgehead atoms. The number of para-hydroxylation sites is 1. The fraction of sp³-hybridized carbons (Fsp3) is 0.235. The zero-order chi connectivity index (χ0) is 16.5. The lowest BCUT2D eigenvalue weighted by Crippen LogP contribution is -2.28. The van der Waals surface area contributed by atoms with Crippen LogP contribution >= 0.6 is 0 Å². The van der Waals surface area contributed by atoms with Gasteiger partial charge < -0.3 is 20.6 Å². The van der Waals surface area contributed by atoms with Crippen LogP contribution in [0.1, 0.15) is 28.9 Å². The minimum absolute atomic E-state index is 0.0671. The molecule has 4 N–H and O–H groups in total. The number of likely N-dealkylation sites (N-methyl/N-ethyl adjacent to an activating group) is 1. The molecule has 2 aromatic carbocycles. The lowest BCUT2D eigenvalue weighted by atomic mass is 10.0. The number of aliphatic hydroxyl groups is 1. The van der Waals surface area contributed by atoms with Crippen LogP contribution < -0.4 is 5.32 Å². The molecule has 118 valence electrons. The number of carboxylic acid groups (broad SMARTS) is 1. The van der Waals surface area contributed by atoms with E-state index in [0.717, 1.165) is 5.56 Å². The van der Waals surface area contributed by atoms with E-state index in [0.29, 0.717) is 0 Å². The molecular weight excluding hydrogens is 282 g/mol. The summed E-state index contributed by atoms with van der Waals surface area (Å²) in [6.07, 6.45) is -0.420. The number of benzene rings is 2. The number of nitrogens with one attached hydrogen (secondary N) is 1. The number of phenols is 1. The maximum atomic E-state index is 10.3. The SMILES string of the molecule is CN[C@@H](C)C(O)c1ccccc1.O=C(O)c1ccccc1O. The van der Waals surface area contributed by atoms with Crippen molar-refractivity contribution in [2.24, 2.45) is 0 Å². The van der Waals surface area contributed by atoms with Crippen molar-refractivity contribution in [3.05, 3.63) is 65.7 Å². The monoisotopic (exact) mass is 303 g/mol. The van der Waals surface area contributed by atoms with Gasteiger partial charge in [-0.2, -0.15) is 0 Å². The van der Waals surface area contributed by atoms with E-state index < -0.39 is 12.1 Å². The van der Waals surface area contributed by atoms with Gasteiger partial charge in [0.25, 0.3) is 0 Å². The van der Waals surface area contributed by atoms with Crippen LogP contribution in [0.4, 0.5) is 0 Å². The highest BCUT2D eigenvalue weighted by Crippen LogP contribution is 2.15. The quantitative estimate of drug-likeness (QED) is 0.696. The lowest BCUT2D eigenvalue weighted by Gasteiger charge is -2.17. The van der Waals surface area contributed by atoms with Crippen LogP contribution in [-0.4, -0.2) is 34.4 Å². The second-order valence-corrected chi connectivity index (χ2v) is 4.76. The molecule has 0 heterocycles. The molecule has 2 rings (SSSR count). The van der Waals surface area contributed by atoms with Crippen molar-refractivity contribution in [1.82, 2.24) is 5.32 Å². The molecule has 0 aliphatic rings. The second kappa shape index (κ2) is 8.81. The Balaban J connectivity index is 0.000000224. The molecule has 0 amide bonds. The minimum atomic E-state index is -1.11. The van der Waals surface area contributed by atoms with Crippen LogP contribution in [0.5, 0.6) is 5.75 Å². The van der Waals surface area contributed by atoms with Crippen LogP contribution in [0.2, 0.25) is 0 Å². The van der Waals surface area contributed by atoms with Crippen LogP contribution in [0.3, 0.4) is 0 Å². The van der Waals surface area contributed by atoms with Gasteiger partial charge in [-0.1, -0.05) is 42.5 Å². The van der Waals surface area contributed by atoms with Crippen molar-refractivity contribution in [2.75, 3.05) is 7.05 Å². The van der Waals surface area contributed by atoms with Crippen molar-refractivity contribution in [3.63, 3.8) is 0 Å². The van der Waals surface area contributed by atoms with E-state index in [1.54, 1.807) is 12.1 Å². The maximum Gasteiger partial charge on any atom is 0.339 e. The van der Waals surface area contributed by atoms with E-state index >= 15 is 0 Å². The molecule has 0 saturated heterocycles. The Kier molecular flexibility index (Phi) is 7.08. The smallest absolute Gasteiger partial charge is 0.339 e. The molecule has 0 saturated carbocycles. The number of aliphatic hydroxyl groups excluding tert-OH is 1. The second-order valence-electron chi connectivity index (χ2n) is 4.76. The molecule has 0 radical (unpaired) electrons. The molecule has 0 spiro atoms. The molecule has 5 heteroatoms. The van der Waals surface area contributed by atoms with Gasteiger partial charge in [0, 0.05) is 6.04 Å². The van der Waals surface area contributed by atoms with E-state index in [4.69, 9.17) is 10.2 Å². The average Bonchev–Trinajstić information content (AvgIpc) is 2.55. The third kappa shape index (κ3) is 5.20. The van der Waals surface area contributed by atoms with Gasteiger partial charge in [-0.3, -0.25) is 0 Å². The highest BCUT2D eigenvalue weighted by molar-refractivity contribution is 5.90. The van der Waals surface area contributed by atoms with Crippen molar-refractivity contribution >= 4 is 5.97 Å². The normalized spacial score (nSPS) is 12.7. The summed E-state index contributed by atoms with van der Waals surface area (Å²) in [7, 11) is 1.84. The van der Waals surface area contributed by atoms with Gasteiger partial charge in [0.15, 0.2) is 0 Å². The minimum Gasteiger partial charge on any atom is -0.507 e. The number of carbonyl (C=O) groups is 1. The molecule has 1 unspecified atom stereocenters. The van der Waals surface area contributed by atoms with Crippen LogP contribution in [0.15, 0.2) is 54.6 Å². The number of carboxylic acids is 1. The van der Waals surface area contributed by atoms with Gasteiger partial charge in [0.2, 0.25) is 0 Å². The van der Waals surface area contributed by atoms with Crippen LogP contribution in [-0.2, 0) is 0 Å². The summed E-state index contributed by atoms with van der Waals surface area (Å²) in [5.41, 5.74) is 0.891. The summed E-state index contributed by atoms with van der Waals surface area (Å²) in [6, 6.07) is 15.6. The zero-order valence-electron chi connectivity index (χ0n) is 12.6. The first-order valence-electron chi connectivity index (χ1n) is 6.89. The van der Waals surface area contributed by atoms with Gasteiger partial charge in [0.05, 0.1) is 6.10 Å². The highest BCUT2D eigenvalue weighted by Gasteiger charge is 2.12. The lowest BCUT2D eigenvalue weighted by molar-refractivity contribution is 0.0693. The third-order valence-electron chi connectivity index (χ3n) is 3.20. The number of hydrogen-bond acceptors (Lipinski definition) is 4. The van der Waals surface area contributed by atoms with Crippen molar-refractivity contribution in [1.29, 1.82) is 0 Å². The van der Waals surface area contributed by atoms with Gasteiger partial charge in [0.1, 0.15) is 11.3 Å². The van der Waals surface area contributed by atoms with E-state index in [1.165, 1.54) is 12.1 Å². The summed E-state index contributed by atoms with van der Waals surface area (Å²) in [6.45, 7) is 1.96. The Morgan fingerprint density at radius 3 is 2.05 bits per heavy atom. The van der Waals surface area contributed by atoms with E-state index in [2.05, 4.69) is 5.32 Å². The zero-order valence-corrected chi connectivity index (χ0v) is 12.6. The first kappa shape index (κ1) is 17.7. The predicted molar refractivity (Wildman–Crippen MR) is 85.0 cm³/mol. The molecule has 5 nitrogen and oxygen atoms in total. The van der Waals surface area contributed by atoms with Gasteiger partial charge in [-0.05, 0) is 31.7 Å². The van der Waals surface area contributed by atoms with Crippen molar-refractivity contribution in [2.45, 2.75) is 19.1 Å². The van der Waals surface area contributed by atoms with E-state index in [-0.39, 0.29) is 17.4 Å². The van der Waals surface area contributed by atoms with E-state index in [1.807, 2.05) is 44.3 Å². The Bertz CT molecular complexity index is 586. The first-order valence-corrected chi connectivity index (χ1v) is 6.89. The van der Waals surface area contributed by atoms with E-state index in [9.17, 15) is 9.90 Å². The molecule has 2 atom stereocenters. The summed E-state index contributed by atoms with van der Waals surface area (Å²) in [5.74, 6) is -1.31. The fourth-order valence-electron chi connectivity index (χ4n) is 1.75. The average molecular weight is 303 g/mol. The fourth-order valence-corrected chi connectivity index (χ4v) is 1.75. The highest BCUT2D eigenvalue weighted by atomic mass is 16.4. The predicted octanol–water partition coefficient (Wildman–Crippen LogP) is 2.42. The van der Waals surface area contributed by atoms with Gasteiger partial charge in [-0.25, -0.2) is 4.79 Å². The Morgan fingerprint density at radius 1 is 1.05 bits per heavy atom. The Labute approximate surface area is 129 Å². The Morgan fingerprint density at radius 2 is 1.59 bits per heavy atom. The third-order valence-corrected chi connectivity index (χ3v) is 3.20. The molecular formula is C17H21NO4. The van der Waals surface area contributed by atoms with Gasteiger partial charge in [-0.15, -0.1) is 0 Å². The number of hydrogen-bond donors (Lipinski definition) is 4. The molecule has 0 fully saturated rings. The molecule has 0 aliphatic heterocycles. The first-order chi connectivity index (χ1) is 10.5. The van der Waals surface area contributed by atoms with Crippen LogP contribution in [0, 0.1) is 0 Å². The van der Waals surface area contributed by atoms with Gasteiger partial charge >= 0.3 is 5.97 Å². The topological polar surface area (TPSA) is 89.8 Å². The molecule has 2 aromatic rings. The Hall–Kier alpha value is -2.37. The molecule has 0 aliphatic carbocycles. The number of aromatic carboxylic acids is 1. The molecule has 0 aromatic heterocycles. The largest absolute Gasteiger partial charge is 0.507 e. The summed E-state index contributed by atoms with van der Waals surface area (Å²) in [5, 5.41) is 30.0. The molecule has 22 heavy (non-hydrogen) atoms.